The number of fused-ring (bicyclic) bond motifs is 5. The smallest absolute Gasteiger partial charge is 0.507 e. The molecule has 0 amide bonds. The van der Waals surface area contributed by atoms with Gasteiger partial charge < -0.3 is 33.2 Å². The Morgan fingerprint density at radius 3 is 2.27 bits per heavy atom. The third kappa shape index (κ3) is 7.51. The topological polar surface area (TPSA) is 141 Å². The quantitative estimate of drug-likeness (QED) is 0.0745. The summed E-state index contributed by atoms with van der Waals surface area (Å²) >= 11 is 0. The highest BCUT2D eigenvalue weighted by atomic mass is 28.4. The summed E-state index contributed by atoms with van der Waals surface area (Å²) in [6.07, 6.45) is -0.316. The molecule has 3 aromatic carbocycles. The van der Waals surface area contributed by atoms with Crippen LogP contribution in [-0.2, 0) is 33.5 Å². The zero-order valence-electron chi connectivity index (χ0n) is 36.3. The highest BCUT2D eigenvalue weighted by Crippen LogP contribution is 2.59. The van der Waals surface area contributed by atoms with Crippen LogP contribution in [-0.4, -0.2) is 85.5 Å². The number of ether oxygens (including phenoxy) is 3. The summed E-state index contributed by atoms with van der Waals surface area (Å²) in [5.74, 6) is -2.41. The standard InChI is InChI=1S/C46H57N3O9Si/c1-44(2,3)56-43(53)55-38-31-20-27(24-48(7)8)18-19-28(31)21-29-22-30-23-32-36(49(9)10)39-35(42(47-57-39)54-25-26-16-14-13-15-17-26)41(52)46(32,58-59(11,12)45(4,5)6)40(51)34(30)37(50)33(29)38/h13-21,30,32,36,50H,22-25H2,1-12H3/t30-,32-,36-,46-/m0/s1. The second-order valence-electron chi connectivity index (χ2n) is 19.3. The van der Waals surface area contributed by atoms with Crippen molar-refractivity contribution in [3.63, 3.8) is 0 Å². The minimum atomic E-state index is -2.96. The number of hydrogen-bond acceptors (Lipinski definition) is 12. The lowest BCUT2D eigenvalue weighted by molar-refractivity contribution is -0.140. The molecular formula is C46H57N3O9Si. The number of aliphatic hydroxyl groups excluding tert-OH is 1. The zero-order chi connectivity index (χ0) is 43.0. The van der Waals surface area contributed by atoms with Gasteiger partial charge in [0.25, 0.3) is 5.88 Å². The van der Waals surface area contributed by atoms with E-state index in [1.807, 2.05) is 106 Å². The summed E-state index contributed by atoms with van der Waals surface area (Å²) in [5, 5.41) is 17.9. The largest absolute Gasteiger partial charge is 0.514 e. The van der Waals surface area contributed by atoms with E-state index in [1.165, 1.54) is 0 Å². The Balaban J connectivity index is 1.45. The molecule has 0 unspecified atom stereocenters. The van der Waals surface area contributed by atoms with E-state index in [0.29, 0.717) is 36.1 Å². The zero-order valence-corrected chi connectivity index (χ0v) is 37.3. The van der Waals surface area contributed by atoms with Crippen LogP contribution in [0.1, 0.15) is 92.4 Å². The molecule has 59 heavy (non-hydrogen) atoms. The molecular weight excluding hydrogens is 767 g/mol. The first-order chi connectivity index (χ1) is 27.5. The number of benzene rings is 3. The van der Waals surface area contributed by atoms with Crippen molar-refractivity contribution in [2.24, 2.45) is 11.8 Å². The van der Waals surface area contributed by atoms with E-state index >= 15 is 9.59 Å². The van der Waals surface area contributed by atoms with Crippen molar-refractivity contribution in [3.8, 4) is 11.6 Å². The Labute approximate surface area is 347 Å². The van der Waals surface area contributed by atoms with Gasteiger partial charge in [0.2, 0.25) is 11.6 Å². The summed E-state index contributed by atoms with van der Waals surface area (Å²) in [6.45, 7) is 16.1. The van der Waals surface area contributed by atoms with Crippen molar-refractivity contribution in [2.45, 2.75) is 103 Å². The van der Waals surface area contributed by atoms with Gasteiger partial charge >= 0.3 is 6.16 Å². The molecule has 1 N–H and O–H groups in total. The van der Waals surface area contributed by atoms with Crippen LogP contribution in [0.3, 0.4) is 0 Å². The second-order valence-corrected chi connectivity index (χ2v) is 24.0. The van der Waals surface area contributed by atoms with Crippen LogP contribution in [0.4, 0.5) is 4.79 Å². The predicted molar refractivity (Wildman–Crippen MR) is 227 cm³/mol. The predicted octanol–water partition coefficient (Wildman–Crippen LogP) is 9.07. The van der Waals surface area contributed by atoms with E-state index in [-0.39, 0.29) is 40.7 Å². The van der Waals surface area contributed by atoms with E-state index < -0.39 is 60.2 Å². The van der Waals surface area contributed by atoms with Crippen molar-refractivity contribution in [3.05, 3.63) is 93.7 Å². The van der Waals surface area contributed by atoms with Crippen LogP contribution in [0.25, 0.3) is 16.5 Å². The Morgan fingerprint density at radius 2 is 1.64 bits per heavy atom. The van der Waals surface area contributed by atoms with Crippen LogP contribution < -0.4 is 9.47 Å². The minimum absolute atomic E-state index is 0.0208. The number of rotatable bonds is 9. The number of aromatic nitrogens is 1. The lowest BCUT2D eigenvalue weighted by Crippen LogP contribution is -2.68. The highest BCUT2D eigenvalue weighted by molar-refractivity contribution is 6.74. The highest BCUT2D eigenvalue weighted by Gasteiger charge is 2.69. The molecule has 4 atom stereocenters. The lowest BCUT2D eigenvalue weighted by atomic mass is 9.57. The van der Waals surface area contributed by atoms with Crippen molar-refractivity contribution in [1.82, 2.24) is 15.0 Å². The number of ketones is 2. The third-order valence-electron chi connectivity index (χ3n) is 12.2. The molecule has 1 fully saturated rings. The Bertz CT molecular complexity index is 2350. The summed E-state index contributed by atoms with van der Waals surface area (Å²) in [7, 11) is 4.74. The Hall–Kier alpha value is -4.82. The van der Waals surface area contributed by atoms with Crippen molar-refractivity contribution < 1.29 is 42.6 Å². The average Bonchev–Trinajstić information content (AvgIpc) is 3.54. The van der Waals surface area contributed by atoms with Crippen LogP contribution in [0.5, 0.6) is 11.6 Å². The molecule has 0 saturated heterocycles. The fourth-order valence-electron chi connectivity index (χ4n) is 8.67. The van der Waals surface area contributed by atoms with Crippen LogP contribution >= 0.6 is 0 Å². The molecule has 13 heteroatoms. The fourth-order valence-corrected chi connectivity index (χ4v) is 10.1. The van der Waals surface area contributed by atoms with Gasteiger partial charge in [-0.1, -0.05) is 69.3 Å². The van der Waals surface area contributed by atoms with Crippen LogP contribution in [0.2, 0.25) is 18.1 Å². The second kappa shape index (κ2) is 15.0. The number of Topliss-reactive ketones (excluding diaryl/α,β-unsaturated/α-hetero) is 2. The number of hydrogen-bond donors (Lipinski definition) is 1. The molecule has 314 valence electrons. The van der Waals surface area contributed by atoms with Crippen LogP contribution in [0, 0.1) is 11.8 Å². The van der Waals surface area contributed by atoms with Gasteiger partial charge in [-0.25, -0.2) is 4.79 Å². The Kier molecular flexibility index (Phi) is 10.8. The first-order valence-corrected chi connectivity index (χ1v) is 23.1. The first-order valence-electron chi connectivity index (χ1n) is 20.2. The van der Waals surface area contributed by atoms with E-state index in [0.717, 1.165) is 16.5 Å². The van der Waals surface area contributed by atoms with E-state index in [9.17, 15) is 9.90 Å². The summed E-state index contributed by atoms with van der Waals surface area (Å²) in [5.41, 5.74) is -0.0628. The van der Waals surface area contributed by atoms with Gasteiger partial charge in [-0.2, -0.15) is 0 Å². The summed E-state index contributed by atoms with van der Waals surface area (Å²) in [6, 6.07) is 16.8. The van der Waals surface area contributed by atoms with Gasteiger partial charge in [0.05, 0.1) is 11.6 Å². The normalized spacial score (nSPS) is 22.0. The van der Waals surface area contributed by atoms with Gasteiger partial charge in [-0.15, -0.1) is 0 Å². The number of aliphatic hydroxyl groups is 1. The molecule has 0 aliphatic heterocycles. The molecule has 0 spiro atoms. The maximum Gasteiger partial charge on any atom is 0.514 e. The molecule has 0 bridgehead atoms. The van der Waals surface area contributed by atoms with Gasteiger partial charge in [-0.05, 0) is 119 Å². The summed E-state index contributed by atoms with van der Waals surface area (Å²) < 4.78 is 31.2. The number of carbonyl (C=O) groups excluding carboxylic acids is 3. The van der Waals surface area contributed by atoms with Gasteiger partial charge in [0.15, 0.2) is 25.4 Å². The van der Waals surface area contributed by atoms with Crippen molar-refractivity contribution in [2.75, 3.05) is 28.2 Å². The first kappa shape index (κ1) is 42.3. The number of nitrogens with zero attached hydrogens (tertiary/aromatic N) is 3. The van der Waals surface area contributed by atoms with Gasteiger partial charge in [-0.3, -0.25) is 14.5 Å². The van der Waals surface area contributed by atoms with Gasteiger partial charge in [0, 0.05) is 23.4 Å². The van der Waals surface area contributed by atoms with E-state index in [4.69, 9.17) is 23.2 Å². The lowest BCUT2D eigenvalue weighted by Gasteiger charge is -2.55. The van der Waals surface area contributed by atoms with E-state index in [1.54, 1.807) is 20.8 Å². The maximum absolute atomic E-state index is 15.9. The fraction of sp³-hybridized carbons (Fsp3) is 0.478. The molecule has 1 heterocycles. The molecule has 3 aliphatic rings. The molecule has 0 radical (unpaired) electrons. The van der Waals surface area contributed by atoms with Crippen LogP contribution in [0.15, 0.2) is 64.7 Å². The minimum Gasteiger partial charge on any atom is -0.507 e. The average molecular weight is 824 g/mol. The Morgan fingerprint density at radius 1 is 0.949 bits per heavy atom. The SMILES string of the molecule is CN(C)Cc1ccc2cc3c(c(OC(=O)OC(C)(C)C)c2c1)C(O)=C1C(=O)[C@]2(O[Si](C)(C)C(C)(C)C)C(=O)c4c(OCc5ccccc5)noc4[C@@H](N(C)C)[C@@H]2C[C@@H]1C3. The number of carbonyl (C=O) groups is 3. The molecule has 7 rings (SSSR count). The molecule has 3 aliphatic carbocycles. The van der Waals surface area contributed by atoms with Gasteiger partial charge in [0.1, 0.15) is 23.5 Å². The van der Waals surface area contributed by atoms with Crippen molar-refractivity contribution in [1.29, 1.82) is 0 Å². The monoisotopic (exact) mass is 823 g/mol. The molecule has 1 saturated carbocycles. The van der Waals surface area contributed by atoms with E-state index in [2.05, 4.69) is 25.9 Å². The van der Waals surface area contributed by atoms with Crippen molar-refractivity contribution >= 4 is 42.6 Å². The summed E-state index contributed by atoms with van der Waals surface area (Å²) in [4.78, 5) is 48.9. The third-order valence-corrected chi connectivity index (χ3v) is 16.7. The maximum atomic E-state index is 15.9. The molecule has 4 aromatic rings. The molecule has 1 aromatic heterocycles. The molecule has 12 nitrogen and oxygen atoms in total.